The van der Waals surface area contributed by atoms with Crippen LogP contribution in [0.4, 0.5) is 10.1 Å². The molecule has 7 rings (SSSR count). The van der Waals surface area contributed by atoms with Gasteiger partial charge in [0.05, 0.1) is 29.3 Å². The molecule has 192 valence electrons. The Balaban J connectivity index is 1.41. The first-order valence-electron chi connectivity index (χ1n) is 12.2. The zero-order valence-electron chi connectivity index (χ0n) is 20.1. The Morgan fingerprint density at radius 2 is 2.03 bits per heavy atom. The molecule has 4 heterocycles. The lowest BCUT2D eigenvalue weighted by Crippen LogP contribution is -2.59. The van der Waals surface area contributed by atoms with E-state index in [4.69, 9.17) is 33.0 Å². The van der Waals surface area contributed by atoms with Crippen LogP contribution in [-0.2, 0) is 22.4 Å². The minimum Gasteiger partial charge on any atom is -0.465 e. The number of ether oxygens (including phenoxy) is 1. The Morgan fingerprint density at radius 3 is 2.84 bits per heavy atom. The number of nitrogens with one attached hydrogen (secondary N) is 2. The molecule has 3 aromatic carbocycles. The first-order valence-corrected chi connectivity index (χ1v) is 13.0. The maximum Gasteiger partial charge on any atom is 0.337 e. The summed E-state index contributed by atoms with van der Waals surface area (Å²) in [5, 5.41) is 12.9. The van der Waals surface area contributed by atoms with Crippen LogP contribution < -0.4 is 10.6 Å². The van der Waals surface area contributed by atoms with Gasteiger partial charge in [0.15, 0.2) is 0 Å². The summed E-state index contributed by atoms with van der Waals surface area (Å²) >= 11 is 12.4. The van der Waals surface area contributed by atoms with E-state index in [1.807, 2.05) is 16.8 Å². The molecular formula is C28H21Cl2FN4O3. The fourth-order valence-electron chi connectivity index (χ4n) is 6.59. The summed E-state index contributed by atoms with van der Waals surface area (Å²) in [6.07, 6.45) is 0.928. The number of amides is 1. The van der Waals surface area contributed by atoms with Gasteiger partial charge >= 0.3 is 5.97 Å². The molecule has 1 fully saturated rings. The predicted octanol–water partition coefficient (Wildman–Crippen LogP) is 5.06. The Labute approximate surface area is 226 Å². The molecule has 0 bridgehead atoms. The number of rotatable bonds is 2. The molecule has 1 aromatic heterocycles. The van der Waals surface area contributed by atoms with Crippen molar-refractivity contribution >= 4 is 51.7 Å². The van der Waals surface area contributed by atoms with Crippen LogP contribution in [0.15, 0.2) is 54.6 Å². The number of hydrogen-bond acceptors (Lipinski definition) is 5. The van der Waals surface area contributed by atoms with E-state index in [0.717, 1.165) is 16.6 Å². The molecule has 3 aliphatic rings. The highest BCUT2D eigenvalue weighted by atomic mass is 35.5. The number of nitrogens with zero attached hydrogens (tertiary/aromatic N) is 2. The zero-order valence-corrected chi connectivity index (χ0v) is 21.6. The van der Waals surface area contributed by atoms with Crippen molar-refractivity contribution in [3.63, 3.8) is 0 Å². The van der Waals surface area contributed by atoms with Crippen LogP contribution in [0.25, 0.3) is 10.9 Å². The predicted molar refractivity (Wildman–Crippen MR) is 141 cm³/mol. The van der Waals surface area contributed by atoms with Gasteiger partial charge in [-0.2, -0.15) is 5.10 Å². The van der Waals surface area contributed by atoms with E-state index in [0.29, 0.717) is 40.2 Å². The number of benzene rings is 3. The fraction of sp³-hybridized carbons (Fsp3) is 0.250. The number of fused-ring (bicyclic) bond motifs is 6. The van der Waals surface area contributed by atoms with Gasteiger partial charge in [0.25, 0.3) is 0 Å². The van der Waals surface area contributed by atoms with Crippen molar-refractivity contribution in [3.8, 4) is 0 Å². The van der Waals surface area contributed by atoms with Gasteiger partial charge in [-0.05, 0) is 41.5 Å². The molecule has 0 unspecified atom stereocenters. The highest BCUT2D eigenvalue weighted by Crippen LogP contribution is 2.54. The van der Waals surface area contributed by atoms with Crippen molar-refractivity contribution in [2.75, 3.05) is 12.4 Å². The van der Waals surface area contributed by atoms with Crippen LogP contribution in [0.1, 0.15) is 39.1 Å². The molecular weight excluding hydrogens is 530 g/mol. The summed E-state index contributed by atoms with van der Waals surface area (Å²) in [5.74, 6) is -1.87. The van der Waals surface area contributed by atoms with E-state index in [1.165, 1.54) is 13.2 Å². The van der Waals surface area contributed by atoms with Crippen LogP contribution in [0, 0.1) is 5.82 Å². The molecule has 38 heavy (non-hydrogen) atoms. The minimum absolute atomic E-state index is 0.00364. The maximum absolute atomic E-state index is 15.7. The van der Waals surface area contributed by atoms with E-state index in [2.05, 4.69) is 10.6 Å². The monoisotopic (exact) mass is 550 g/mol. The first-order chi connectivity index (χ1) is 18.3. The van der Waals surface area contributed by atoms with Crippen molar-refractivity contribution in [2.45, 2.75) is 36.4 Å². The normalized spacial score (nSPS) is 25.3. The summed E-state index contributed by atoms with van der Waals surface area (Å²) in [6, 6.07) is 15.0. The second-order valence-electron chi connectivity index (χ2n) is 10.1. The third-order valence-corrected chi connectivity index (χ3v) is 8.68. The molecule has 4 aromatic rings. The molecule has 2 N–H and O–H groups in total. The standard InChI is InChI=1S/C28H21Cl2FN4O3/c1-38-26(36)13-6-8-16-20(9-13)34-35-22(16)11-21-25(35)23(17-3-2-4-18(30)24(17)31)28(33-21)12-14-5-7-15(29)10-19(14)32-27(28)37/h2-10,21,23,25,33H,11-12H2,1H3,(H,32,37)/t21-,23-,25+,28+/m0/s1. The lowest BCUT2D eigenvalue weighted by Gasteiger charge is -2.40. The number of esters is 1. The van der Waals surface area contributed by atoms with E-state index in [1.54, 1.807) is 36.4 Å². The molecule has 7 nitrogen and oxygen atoms in total. The number of methoxy groups -OCH3 is 1. The molecule has 0 saturated carbocycles. The summed E-state index contributed by atoms with van der Waals surface area (Å²) < 4.78 is 22.5. The van der Waals surface area contributed by atoms with E-state index < -0.39 is 23.2 Å². The molecule has 0 aliphatic carbocycles. The quantitative estimate of drug-likeness (QED) is 0.341. The zero-order chi connectivity index (χ0) is 26.3. The summed E-state index contributed by atoms with van der Waals surface area (Å²) in [4.78, 5) is 26.0. The van der Waals surface area contributed by atoms with Gasteiger partial charge < -0.3 is 10.1 Å². The Hall–Kier alpha value is -3.46. The molecule has 3 aliphatic heterocycles. The van der Waals surface area contributed by atoms with Crippen LogP contribution in [0.5, 0.6) is 0 Å². The second-order valence-corrected chi connectivity index (χ2v) is 10.9. The Bertz CT molecular complexity index is 1690. The van der Waals surface area contributed by atoms with Crippen molar-refractivity contribution in [2.24, 2.45) is 0 Å². The van der Waals surface area contributed by atoms with Gasteiger partial charge in [-0.3, -0.25) is 14.8 Å². The number of carbonyl (C=O) groups is 2. The van der Waals surface area contributed by atoms with Gasteiger partial charge in [-0.15, -0.1) is 0 Å². The Morgan fingerprint density at radius 1 is 1.18 bits per heavy atom. The molecule has 0 radical (unpaired) electrons. The number of hydrogen-bond donors (Lipinski definition) is 2. The van der Waals surface area contributed by atoms with Gasteiger partial charge in [0, 0.05) is 46.6 Å². The SMILES string of the molecule is COC(=O)c1ccc2c3n(nc2c1)[C@@H]1[C@H](C3)N[C@]2(Cc3ccc(Cl)cc3NC2=O)[C@H]1c1cccc(Cl)c1F. The summed E-state index contributed by atoms with van der Waals surface area (Å²) in [6.45, 7) is 0. The minimum atomic E-state index is -1.14. The second kappa shape index (κ2) is 8.27. The van der Waals surface area contributed by atoms with Gasteiger partial charge in [-0.25, -0.2) is 9.18 Å². The fourth-order valence-corrected chi connectivity index (χ4v) is 6.94. The first kappa shape index (κ1) is 23.6. The number of aromatic nitrogens is 2. The van der Waals surface area contributed by atoms with Crippen molar-refractivity contribution in [1.82, 2.24) is 15.1 Å². The largest absolute Gasteiger partial charge is 0.465 e. The van der Waals surface area contributed by atoms with Crippen LogP contribution >= 0.6 is 23.2 Å². The van der Waals surface area contributed by atoms with Gasteiger partial charge in [0.1, 0.15) is 11.4 Å². The smallest absolute Gasteiger partial charge is 0.337 e. The maximum atomic E-state index is 15.7. The van der Waals surface area contributed by atoms with Crippen molar-refractivity contribution in [3.05, 3.63) is 92.8 Å². The topological polar surface area (TPSA) is 85.2 Å². The molecule has 1 amide bonds. The number of carbonyl (C=O) groups excluding carboxylic acids is 2. The Kier molecular flexibility index (Phi) is 5.14. The summed E-state index contributed by atoms with van der Waals surface area (Å²) in [7, 11) is 1.33. The van der Waals surface area contributed by atoms with E-state index in [9.17, 15) is 9.59 Å². The lowest BCUT2D eigenvalue weighted by atomic mass is 9.72. The highest BCUT2D eigenvalue weighted by Gasteiger charge is 2.63. The lowest BCUT2D eigenvalue weighted by molar-refractivity contribution is -0.123. The van der Waals surface area contributed by atoms with Gasteiger partial charge in [-0.1, -0.05) is 47.5 Å². The van der Waals surface area contributed by atoms with Crippen LogP contribution in [-0.4, -0.2) is 40.3 Å². The average molecular weight is 551 g/mol. The molecule has 1 saturated heterocycles. The van der Waals surface area contributed by atoms with Crippen molar-refractivity contribution < 1.29 is 18.7 Å². The van der Waals surface area contributed by atoms with E-state index >= 15 is 4.39 Å². The molecule has 10 heteroatoms. The molecule has 1 spiro atoms. The number of anilines is 1. The summed E-state index contributed by atoms with van der Waals surface area (Å²) in [5.41, 5.74) is 2.77. The van der Waals surface area contributed by atoms with Crippen molar-refractivity contribution in [1.29, 1.82) is 0 Å². The van der Waals surface area contributed by atoms with E-state index in [-0.39, 0.29) is 23.0 Å². The van der Waals surface area contributed by atoms with Crippen LogP contribution in [0.3, 0.4) is 0 Å². The van der Waals surface area contributed by atoms with Gasteiger partial charge in [0.2, 0.25) is 5.91 Å². The van der Waals surface area contributed by atoms with Crippen LogP contribution in [0.2, 0.25) is 10.0 Å². The third-order valence-electron chi connectivity index (χ3n) is 8.16. The molecule has 4 atom stereocenters. The number of halogens is 3. The highest BCUT2D eigenvalue weighted by molar-refractivity contribution is 6.31. The third kappa shape index (κ3) is 3.20. The average Bonchev–Trinajstić information content (AvgIpc) is 3.52.